The van der Waals surface area contributed by atoms with Crippen LogP contribution in [0, 0.1) is 11.6 Å². The molecule has 0 radical (unpaired) electrons. The summed E-state index contributed by atoms with van der Waals surface area (Å²) in [6, 6.07) is 4.27. The lowest BCUT2D eigenvalue weighted by molar-refractivity contribution is -0.137. The average Bonchev–Trinajstić information content (AvgIpc) is 3.39. The van der Waals surface area contributed by atoms with Gasteiger partial charge in [0.15, 0.2) is 5.82 Å². The average molecular weight is 589 g/mol. The first-order valence-electron chi connectivity index (χ1n) is 11.7. The van der Waals surface area contributed by atoms with E-state index in [-0.39, 0.29) is 47.9 Å². The van der Waals surface area contributed by atoms with Gasteiger partial charge in [0.25, 0.3) is 5.91 Å². The smallest absolute Gasteiger partial charge is 0.416 e. The van der Waals surface area contributed by atoms with Crippen LogP contribution >= 0.6 is 0 Å². The third kappa shape index (κ3) is 5.33. The second-order valence-corrected chi connectivity index (χ2v) is 10.7. The highest BCUT2D eigenvalue weighted by molar-refractivity contribution is 7.90. The Morgan fingerprint density at radius 3 is 2.60 bits per heavy atom. The minimum atomic E-state index is -4.86. The Kier molecular flexibility index (Phi) is 7.18. The third-order valence-electron chi connectivity index (χ3n) is 6.58. The number of alkyl halides is 3. The minimum absolute atomic E-state index is 0.0237. The maximum Gasteiger partial charge on any atom is 0.416 e. The first-order chi connectivity index (χ1) is 18.9. The van der Waals surface area contributed by atoms with Gasteiger partial charge in [0.2, 0.25) is 0 Å². The van der Waals surface area contributed by atoms with Gasteiger partial charge in [-0.3, -0.25) is 9.52 Å². The molecule has 0 bridgehead atoms. The van der Waals surface area contributed by atoms with Crippen LogP contribution in [-0.4, -0.2) is 62.7 Å². The Hall–Kier alpha value is -3.76. The number of rotatable bonds is 6. The van der Waals surface area contributed by atoms with E-state index in [4.69, 9.17) is 9.47 Å². The molecule has 3 heterocycles. The fraction of sp³-hybridized carbons (Fsp3) is 0.333. The molecular formula is C24H21F5N4O6S. The van der Waals surface area contributed by atoms with Crippen molar-refractivity contribution in [2.75, 3.05) is 36.4 Å². The number of methoxy groups -OCH3 is 1. The van der Waals surface area contributed by atoms with E-state index < -0.39 is 58.2 Å². The second-order valence-electron chi connectivity index (χ2n) is 9.05. The fourth-order valence-corrected chi connectivity index (χ4v) is 5.97. The molecular weight excluding hydrogens is 567 g/mol. The number of morpholine rings is 1. The summed E-state index contributed by atoms with van der Waals surface area (Å²) in [4.78, 5) is 14.2. The summed E-state index contributed by atoms with van der Waals surface area (Å²) in [7, 11) is -2.82. The normalized spacial score (nSPS) is 20.4. The zero-order valence-corrected chi connectivity index (χ0v) is 21.4. The molecule has 2 aromatic carbocycles. The van der Waals surface area contributed by atoms with E-state index in [0.717, 1.165) is 22.5 Å². The number of nitrogens with zero attached hydrogens (tertiary/aromatic N) is 3. The predicted molar refractivity (Wildman–Crippen MR) is 130 cm³/mol. The number of halogens is 5. The second kappa shape index (κ2) is 10.3. The van der Waals surface area contributed by atoms with Gasteiger partial charge < -0.3 is 18.9 Å². The van der Waals surface area contributed by atoms with Crippen LogP contribution in [0.25, 0.3) is 11.1 Å². The standard InChI is InChI=1S/C24H21F5N4O6S/c1-37-20-9-16(13-6-14(24(27,28)29)8-15(25)7-13)17(26)10-19(20)33-18-2-4-32(11-21(18)38-12-23(33)34)40(35,36)31-22-3-5-39-30-22/h3,5-10,18,21H,2,4,11-12H2,1H3,(H,30,31)/t18-,21-/m0/s1. The highest BCUT2D eigenvalue weighted by Crippen LogP contribution is 2.41. The minimum Gasteiger partial charge on any atom is -0.495 e. The van der Waals surface area contributed by atoms with Crippen molar-refractivity contribution in [1.82, 2.24) is 9.46 Å². The molecule has 0 saturated carbocycles. The zero-order valence-electron chi connectivity index (χ0n) is 20.6. The number of amides is 1. The summed E-state index contributed by atoms with van der Waals surface area (Å²) >= 11 is 0. The van der Waals surface area contributed by atoms with E-state index in [1.165, 1.54) is 24.3 Å². The van der Waals surface area contributed by atoms with Gasteiger partial charge >= 0.3 is 16.4 Å². The molecule has 1 amide bonds. The monoisotopic (exact) mass is 588 g/mol. The summed E-state index contributed by atoms with van der Waals surface area (Å²) in [5.41, 5.74) is -2.07. The number of ether oxygens (including phenoxy) is 2. The Labute approximate surface area is 224 Å². The van der Waals surface area contributed by atoms with Gasteiger partial charge in [-0.25, -0.2) is 8.78 Å². The number of piperidine rings is 1. The molecule has 3 aromatic rings. The van der Waals surface area contributed by atoms with Crippen molar-refractivity contribution in [3.63, 3.8) is 0 Å². The van der Waals surface area contributed by atoms with Gasteiger partial charge in [-0.15, -0.1) is 0 Å². The van der Waals surface area contributed by atoms with Gasteiger partial charge in [-0.1, -0.05) is 5.16 Å². The topological polar surface area (TPSA) is 114 Å². The Balaban J connectivity index is 1.45. The van der Waals surface area contributed by atoms with Crippen LogP contribution in [0.1, 0.15) is 12.0 Å². The summed E-state index contributed by atoms with van der Waals surface area (Å²) in [6.45, 7) is -0.626. The first-order valence-corrected chi connectivity index (χ1v) is 13.2. The number of hydrogen-bond acceptors (Lipinski definition) is 7. The maximum absolute atomic E-state index is 15.4. The van der Waals surface area contributed by atoms with Gasteiger partial charge in [-0.05, 0) is 36.2 Å². The molecule has 16 heteroatoms. The van der Waals surface area contributed by atoms with Gasteiger partial charge in [-0.2, -0.15) is 25.9 Å². The molecule has 5 rings (SSSR count). The van der Waals surface area contributed by atoms with Gasteiger partial charge in [0, 0.05) is 30.8 Å². The van der Waals surface area contributed by atoms with E-state index in [9.17, 15) is 30.8 Å². The largest absolute Gasteiger partial charge is 0.495 e. The zero-order chi connectivity index (χ0) is 28.8. The quantitative estimate of drug-likeness (QED) is 0.436. The summed E-state index contributed by atoms with van der Waals surface area (Å²) in [6.07, 6.45) is -4.37. The van der Waals surface area contributed by atoms with Crippen molar-refractivity contribution in [2.24, 2.45) is 0 Å². The number of carbonyl (C=O) groups is 1. The molecule has 0 unspecified atom stereocenters. The molecule has 2 saturated heterocycles. The van der Waals surface area contributed by atoms with Crippen LogP contribution in [0.5, 0.6) is 5.75 Å². The van der Waals surface area contributed by atoms with Crippen LogP contribution in [-0.2, 0) is 25.9 Å². The van der Waals surface area contributed by atoms with Crippen molar-refractivity contribution >= 4 is 27.6 Å². The molecule has 1 N–H and O–H groups in total. The van der Waals surface area contributed by atoms with Crippen LogP contribution in [0.3, 0.4) is 0 Å². The van der Waals surface area contributed by atoms with Crippen molar-refractivity contribution in [3.8, 4) is 16.9 Å². The first kappa shape index (κ1) is 27.8. The molecule has 2 aliphatic heterocycles. The Morgan fingerprint density at radius 2 is 1.93 bits per heavy atom. The summed E-state index contributed by atoms with van der Waals surface area (Å²) in [5.74, 6) is -2.88. The van der Waals surface area contributed by atoms with Gasteiger partial charge in [0.1, 0.15) is 30.3 Å². The van der Waals surface area contributed by atoms with Crippen LogP contribution in [0.2, 0.25) is 0 Å². The number of carbonyl (C=O) groups excluding carboxylic acids is 1. The molecule has 1 aromatic heterocycles. The number of fused-ring (bicyclic) bond motifs is 1. The molecule has 2 aliphatic rings. The summed E-state index contributed by atoms with van der Waals surface area (Å²) in [5, 5.41) is 3.52. The lowest BCUT2D eigenvalue weighted by atomic mass is 9.97. The Morgan fingerprint density at radius 1 is 1.15 bits per heavy atom. The molecule has 2 atom stereocenters. The Bertz CT molecular complexity index is 1530. The van der Waals surface area contributed by atoms with E-state index in [2.05, 4.69) is 14.4 Å². The fourth-order valence-electron chi connectivity index (χ4n) is 4.79. The van der Waals surface area contributed by atoms with E-state index in [0.29, 0.717) is 12.1 Å². The van der Waals surface area contributed by atoms with E-state index in [1.807, 2.05) is 0 Å². The van der Waals surface area contributed by atoms with E-state index >= 15 is 4.39 Å². The highest BCUT2D eigenvalue weighted by Gasteiger charge is 2.45. The van der Waals surface area contributed by atoms with Crippen molar-refractivity contribution in [1.29, 1.82) is 0 Å². The van der Waals surface area contributed by atoms with Crippen LogP contribution in [0.4, 0.5) is 33.5 Å². The van der Waals surface area contributed by atoms with Crippen molar-refractivity contribution < 1.29 is 49.2 Å². The number of nitrogens with one attached hydrogen (secondary N) is 1. The van der Waals surface area contributed by atoms with Gasteiger partial charge in [0.05, 0.1) is 30.5 Å². The molecule has 40 heavy (non-hydrogen) atoms. The van der Waals surface area contributed by atoms with Crippen molar-refractivity contribution in [2.45, 2.75) is 24.7 Å². The third-order valence-corrected chi connectivity index (χ3v) is 8.06. The number of benzene rings is 2. The molecule has 10 nitrogen and oxygen atoms in total. The molecule has 0 aliphatic carbocycles. The van der Waals surface area contributed by atoms with E-state index in [1.54, 1.807) is 0 Å². The number of aromatic nitrogens is 1. The SMILES string of the molecule is COc1cc(-c2cc(F)cc(C(F)(F)F)c2)c(F)cc1N1C(=O)CO[C@H]2CN(S(=O)(=O)Nc3ccon3)CC[C@@H]21. The van der Waals surface area contributed by atoms with Crippen LogP contribution in [0.15, 0.2) is 47.2 Å². The molecule has 0 spiro atoms. The summed E-state index contributed by atoms with van der Waals surface area (Å²) < 4.78 is 114. The molecule has 2 fully saturated rings. The van der Waals surface area contributed by atoms with Crippen LogP contribution < -0.4 is 14.4 Å². The highest BCUT2D eigenvalue weighted by atomic mass is 32.2. The maximum atomic E-state index is 15.4. The lowest BCUT2D eigenvalue weighted by Gasteiger charge is -2.46. The predicted octanol–water partition coefficient (Wildman–Crippen LogP) is 3.81. The lowest BCUT2D eigenvalue weighted by Crippen LogP contribution is -2.62. The number of hydrogen-bond donors (Lipinski definition) is 1. The van der Waals surface area contributed by atoms with Crippen molar-refractivity contribution in [3.05, 3.63) is 59.9 Å². The molecule has 214 valence electrons. The number of anilines is 2.